The summed E-state index contributed by atoms with van der Waals surface area (Å²) in [5, 5.41) is 19.4. The molecule has 2 heteroatoms. The lowest BCUT2D eigenvalue weighted by Crippen LogP contribution is -1.87. The fourth-order valence-corrected chi connectivity index (χ4v) is 3.71. The monoisotopic (exact) mass is 328 g/mol. The molecule has 2 N–H and O–H groups in total. The van der Waals surface area contributed by atoms with Gasteiger partial charge in [-0.25, -0.2) is 0 Å². The Morgan fingerprint density at radius 1 is 0.480 bits per heavy atom. The van der Waals surface area contributed by atoms with E-state index in [1.807, 2.05) is 36.4 Å². The molecular weight excluding hydrogens is 308 g/mol. The SMILES string of the molecule is OCc1cc(Cc2cc(CO)c3cccccc2-3)c2cccccc1-2. The minimum absolute atomic E-state index is 0.0408. The summed E-state index contributed by atoms with van der Waals surface area (Å²) in [6.07, 6.45) is 0.779. The van der Waals surface area contributed by atoms with E-state index < -0.39 is 0 Å². The zero-order valence-electron chi connectivity index (χ0n) is 13.9. The summed E-state index contributed by atoms with van der Waals surface area (Å²) in [6.45, 7) is 0.0816. The Bertz CT molecular complexity index is 879. The van der Waals surface area contributed by atoms with Crippen LogP contribution >= 0.6 is 0 Å². The molecule has 0 unspecified atom stereocenters. The first-order chi connectivity index (χ1) is 12.3. The lowest BCUT2D eigenvalue weighted by Gasteiger charge is -2.04. The maximum atomic E-state index is 9.71. The van der Waals surface area contributed by atoms with Crippen LogP contribution < -0.4 is 0 Å². The lowest BCUT2D eigenvalue weighted by atomic mass is 10.0. The van der Waals surface area contributed by atoms with Gasteiger partial charge in [-0.15, -0.1) is 0 Å². The highest BCUT2D eigenvalue weighted by Crippen LogP contribution is 2.37. The molecule has 0 heterocycles. The second-order valence-electron chi connectivity index (χ2n) is 6.36. The van der Waals surface area contributed by atoms with E-state index in [4.69, 9.17) is 0 Å². The third-order valence-electron chi connectivity index (χ3n) is 4.88. The van der Waals surface area contributed by atoms with Gasteiger partial charge < -0.3 is 10.2 Å². The molecule has 0 aromatic rings. The highest BCUT2D eigenvalue weighted by atomic mass is 16.3. The lowest BCUT2D eigenvalue weighted by molar-refractivity contribution is 0.282. The average Bonchev–Trinajstić information content (AvgIpc) is 2.91. The Labute approximate surface area is 147 Å². The Morgan fingerprint density at radius 3 is 1.20 bits per heavy atom. The van der Waals surface area contributed by atoms with E-state index in [0.29, 0.717) is 0 Å². The van der Waals surface area contributed by atoms with Crippen LogP contribution in [-0.2, 0) is 19.6 Å². The van der Waals surface area contributed by atoms with Crippen molar-refractivity contribution in [1.29, 1.82) is 0 Å². The third kappa shape index (κ3) is 2.80. The van der Waals surface area contributed by atoms with Crippen LogP contribution in [0.1, 0.15) is 22.3 Å². The zero-order valence-corrected chi connectivity index (χ0v) is 13.9. The second-order valence-corrected chi connectivity index (χ2v) is 6.36. The molecule has 25 heavy (non-hydrogen) atoms. The molecule has 0 aromatic heterocycles. The predicted octanol–water partition coefficient (Wildman–Crippen LogP) is 4.47. The quantitative estimate of drug-likeness (QED) is 0.580. The maximum Gasteiger partial charge on any atom is 0.0687 e. The molecule has 0 aromatic carbocycles. The van der Waals surface area contributed by atoms with Gasteiger partial charge in [0, 0.05) is 0 Å². The number of aliphatic hydroxyl groups excluding tert-OH is 2. The zero-order chi connectivity index (χ0) is 17.2. The highest BCUT2D eigenvalue weighted by molar-refractivity contribution is 5.78. The summed E-state index contributed by atoms with van der Waals surface area (Å²) in [4.78, 5) is 0. The van der Waals surface area contributed by atoms with E-state index in [-0.39, 0.29) is 13.2 Å². The maximum absolute atomic E-state index is 9.71. The van der Waals surface area contributed by atoms with Gasteiger partial charge in [-0.2, -0.15) is 0 Å². The smallest absolute Gasteiger partial charge is 0.0687 e. The van der Waals surface area contributed by atoms with Crippen molar-refractivity contribution in [3.8, 4) is 22.3 Å². The summed E-state index contributed by atoms with van der Waals surface area (Å²) in [7, 11) is 0. The van der Waals surface area contributed by atoms with Gasteiger partial charge in [-0.05, 0) is 50.9 Å². The van der Waals surface area contributed by atoms with Gasteiger partial charge in [0.25, 0.3) is 0 Å². The molecule has 0 bridgehead atoms. The summed E-state index contributed by atoms with van der Waals surface area (Å²) >= 11 is 0. The van der Waals surface area contributed by atoms with Crippen molar-refractivity contribution in [2.45, 2.75) is 19.6 Å². The predicted molar refractivity (Wildman–Crippen MR) is 101 cm³/mol. The molecule has 124 valence electrons. The van der Waals surface area contributed by atoms with Gasteiger partial charge in [0.2, 0.25) is 0 Å². The van der Waals surface area contributed by atoms with Crippen molar-refractivity contribution >= 4 is 0 Å². The molecule has 0 radical (unpaired) electrons. The van der Waals surface area contributed by atoms with Gasteiger partial charge in [0.1, 0.15) is 0 Å². The molecule has 0 amide bonds. The average molecular weight is 328 g/mol. The summed E-state index contributed by atoms with van der Waals surface area (Å²) in [5.74, 6) is 0. The number of aliphatic hydroxyl groups is 2. The van der Waals surface area contributed by atoms with Crippen LogP contribution in [0.4, 0.5) is 0 Å². The van der Waals surface area contributed by atoms with Crippen molar-refractivity contribution in [3.63, 3.8) is 0 Å². The molecule has 4 aliphatic rings. The first-order valence-electron chi connectivity index (χ1n) is 8.52. The number of rotatable bonds is 4. The van der Waals surface area contributed by atoms with Crippen molar-refractivity contribution in [1.82, 2.24) is 0 Å². The van der Waals surface area contributed by atoms with Crippen LogP contribution in [0, 0.1) is 0 Å². The molecule has 4 aliphatic carbocycles. The molecular formula is C23H20O2. The van der Waals surface area contributed by atoms with E-state index >= 15 is 0 Å². The fourth-order valence-electron chi connectivity index (χ4n) is 3.71. The first kappa shape index (κ1) is 15.8. The van der Waals surface area contributed by atoms with E-state index in [1.54, 1.807) is 0 Å². The van der Waals surface area contributed by atoms with Gasteiger partial charge in [0.15, 0.2) is 0 Å². The summed E-state index contributed by atoms with van der Waals surface area (Å²) in [5.41, 5.74) is 8.90. The van der Waals surface area contributed by atoms with Crippen LogP contribution in [-0.4, -0.2) is 10.2 Å². The molecule has 0 aliphatic heterocycles. The van der Waals surface area contributed by atoms with Gasteiger partial charge in [-0.1, -0.05) is 72.8 Å². The number of hydrogen-bond donors (Lipinski definition) is 2. The standard InChI is InChI=1S/C23H20O2/c24-14-18-12-16(20-7-3-1-5-9-22(18)20)11-17-13-19(15-25)23-10-6-2-4-8-21(17)23/h1-10,12-13,24-25H,11,14-15H2. The summed E-state index contributed by atoms with van der Waals surface area (Å²) < 4.78 is 0. The normalized spacial score (nSPS) is 11.3. The topological polar surface area (TPSA) is 40.5 Å². The Kier molecular flexibility index (Phi) is 4.22. The van der Waals surface area contributed by atoms with E-state index in [9.17, 15) is 10.2 Å². The van der Waals surface area contributed by atoms with E-state index in [0.717, 1.165) is 28.7 Å². The Hall–Kier alpha value is -2.68. The van der Waals surface area contributed by atoms with Crippen molar-refractivity contribution < 1.29 is 10.2 Å². The van der Waals surface area contributed by atoms with Crippen molar-refractivity contribution in [2.75, 3.05) is 0 Å². The number of fused-ring (bicyclic) bond motifs is 2. The molecule has 0 fully saturated rings. The second kappa shape index (κ2) is 6.67. The molecule has 0 atom stereocenters. The van der Waals surface area contributed by atoms with Crippen LogP contribution in [0.2, 0.25) is 0 Å². The van der Waals surface area contributed by atoms with E-state index in [2.05, 4.69) is 36.4 Å². The summed E-state index contributed by atoms with van der Waals surface area (Å²) in [6, 6.07) is 24.7. The van der Waals surface area contributed by atoms with E-state index in [1.165, 1.54) is 22.3 Å². The largest absolute Gasteiger partial charge is 0.392 e. The van der Waals surface area contributed by atoms with Crippen LogP contribution in [0.3, 0.4) is 0 Å². The van der Waals surface area contributed by atoms with Gasteiger partial charge >= 0.3 is 0 Å². The first-order valence-corrected chi connectivity index (χ1v) is 8.52. The molecule has 0 saturated heterocycles. The molecule has 4 rings (SSSR count). The van der Waals surface area contributed by atoms with Crippen LogP contribution in [0.15, 0.2) is 72.8 Å². The highest BCUT2D eigenvalue weighted by Gasteiger charge is 2.18. The molecule has 0 spiro atoms. The molecule has 2 nitrogen and oxygen atoms in total. The Balaban J connectivity index is 1.83. The Morgan fingerprint density at radius 2 is 0.840 bits per heavy atom. The minimum atomic E-state index is 0.0408. The fraction of sp³-hybridized carbons (Fsp3) is 0.130. The van der Waals surface area contributed by atoms with Gasteiger partial charge in [-0.3, -0.25) is 0 Å². The minimum Gasteiger partial charge on any atom is -0.392 e. The van der Waals surface area contributed by atoms with Crippen molar-refractivity contribution in [2.24, 2.45) is 0 Å². The van der Waals surface area contributed by atoms with Crippen LogP contribution in [0.5, 0.6) is 0 Å². The van der Waals surface area contributed by atoms with Crippen molar-refractivity contribution in [3.05, 3.63) is 95.1 Å². The third-order valence-corrected chi connectivity index (χ3v) is 4.88. The van der Waals surface area contributed by atoms with Crippen LogP contribution in [0.25, 0.3) is 22.3 Å². The molecule has 0 saturated carbocycles. The number of hydrogen-bond acceptors (Lipinski definition) is 2. The van der Waals surface area contributed by atoms with Gasteiger partial charge in [0.05, 0.1) is 13.2 Å².